The van der Waals surface area contributed by atoms with Crippen LogP contribution in [0.2, 0.25) is 0 Å². The zero-order chi connectivity index (χ0) is 16.0. The van der Waals surface area contributed by atoms with Gasteiger partial charge >= 0.3 is 24.8 Å². The third kappa shape index (κ3) is 8.28. The molecule has 0 bridgehead atoms. The number of anilines is 2. The second kappa shape index (κ2) is 12.0. The summed E-state index contributed by atoms with van der Waals surface area (Å²) >= 11 is 6.42. The van der Waals surface area contributed by atoms with Crippen LogP contribution >= 0.6 is 31.9 Å². The number of rotatable bonds is 2. The van der Waals surface area contributed by atoms with E-state index in [0.29, 0.717) is 10.2 Å². The summed E-state index contributed by atoms with van der Waals surface area (Å²) in [7, 11) is 0. The molecule has 23 heavy (non-hydrogen) atoms. The van der Waals surface area contributed by atoms with Crippen molar-refractivity contribution in [3.05, 3.63) is 56.5 Å². The number of aromatic carboxylic acids is 1. The summed E-state index contributed by atoms with van der Waals surface area (Å²) in [5, 5.41) is 17.3. The molecule has 0 unspecified atom stereocenters. The van der Waals surface area contributed by atoms with E-state index in [0.717, 1.165) is 10.0 Å². The molecule has 0 aliphatic heterocycles. The second-order valence-electron chi connectivity index (χ2n) is 4.04. The minimum atomic E-state index is -1.01. The van der Waals surface area contributed by atoms with Gasteiger partial charge in [0.2, 0.25) is 0 Å². The minimum Gasteiger partial charge on any atom is -1.00 e. The Balaban J connectivity index is -0.000000328. The number of benzene rings is 2. The molecule has 0 atom stereocenters. The van der Waals surface area contributed by atoms with E-state index in [1.54, 1.807) is 24.3 Å². The normalized spacial score (nSPS) is 8.83. The molecule has 6 N–H and O–H groups in total. The van der Waals surface area contributed by atoms with Crippen LogP contribution in [-0.4, -0.2) is 33.5 Å². The van der Waals surface area contributed by atoms with Gasteiger partial charge in [0, 0.05) is 25.9 Å². The van der Waals surface area contributed by atoms with Gasteiger partial charge in [-0.25, -0.2) is 4.79 Å². The van der Waals surface area contributed by atoms with Gasteiger partial charge in [0.15, 0.2) is 17.4 Å². The van der Waals surface area contributed by atoms with E-state index >= 15 is 0 Å². The number of carbonyl (C=O) groups is 1. The Morgan fingerprint density at radius 2 is 1.52 bits per heavy atom. The van der Waals surface area contributed by atoms with Gasteiger partial charge in [0.05, 0.1) is 12.2 Å². The average molecular weight is 456 g/mol. The van der Waals surface area contributed by atoms with E-state index in [2.05, 4.69) is 31.9 Å². The van der Waals surface area contributed by atoms with E-state index in [-0.39, 0.29) is 55.5 Å². The quantitative estimate of drug-likeness (QED) is 0.349. The summed E-state index contributed by atoms with van der Waals surface area (Å²) in [5.74, 6) is -1.01. The summed E-state index contributed by atoms with van der Waals surface area (Å²) < 4.78 is 1.65. The largest absolute Gasteiger partial charge is 1.00 e. The molecule has 0 heterocycles. The van der Waals surface area contributed by atoms with Crippen molar-refractivity contribution in [2.45, 2.75) is 6.61 Å². The molecular formula is C14H18AlBr2LiN2O3. The summed E-state index contributed by atoms with van der Waals surface area (Å²) in [4.78, 5) is 10.5. The van der Waals surface area contributed by atoms with Crippen molar-refractivity contribution in [2.24, 2.45) is 0 Å². The van der Waals surface area contributed by atoms with Gasteiger partial charge in [0.1, 0.15) is 0 Å². The predicted molar refractivity (Wildman–Crippen MR) is 101 cm³/mol. The molecule has 0 aromatic heterocycles. The molecule has 5 nitrogen and oxygen atoms in total. The fourth-order valence-corrected chi connectivity index (χ4v) is 2.19. The van der Waals surface area contributed by atoms with Crippen LogP contribution in [-0.2, 0) is 6.61 Å². The molecule has 2 aromatic carbocycles. The van der Waals surface area contributed by atoms with Gasteiger partial charge in [0.25, 0.3) is 0 Å². The molecule has 0 aliphatic rings. The molecule has 0 fully saturated rings. The molecule has 0 radical (unpaired) electrons. The van der Waals surface area contributed by atoms with Gasteiger partial charge in [-0.2, -0.15) is 0 Å². The van der Waals surface area contributed by atoms with Crippen LogP contribution in [0.1, 0.15) is 17.3 Å². The number of aliphatic hydroxyl groups excluding tert-OH is 1. The second-order valence-corrected chi connectivity index (χ2v) is 5.87. The number of carboxylic acids is 1. The van der Waals surface area contributed by atoms with Crippen LogP contribution in [0.25, 0.3) is 0 Å². The third-order valence-electron chi connectivity index (χ3n) is 2.52. The van der Waals surface area contributed by atoms with E-state index in [4.69, 9.17) is 21.7 Å². The van der Waals surface area contributed by atoms with Gasteiger partial charge < -0.3 is 23.1 Å². The number of hydrogen-bond acceptors (Lipinski definition) is 4. The van der Waals surface area contributed by atoms with Crippen LogP contribution in [0.5, 0.6) is 0 Å². The molecule has 0 saturated carbocycles. The van der Waals surface area contributed by atoms with Gasteiger partial charge in [-0.1, -0.05) is 31.9 Å². The van der Waals surface area contributed by atoms with Crippen molar-refractivity contribution in [1.82, 2.24) is 0 Å². The number of nitrogen functional groups attached to an aromatic ring is 2. The Hall–Kier alpha value is -0.440. The summed E-state index contributed by atoms with van der Waals surface area (Å²) in [6.45, 7) is -0.00866. The van der Waals surface area contributed by atoms with Crippen molar-refractivity contribution in [1.29, 1.82) is 0 Å². The average Bonchev–Trinajstić information content (AvgIpc) is 2.44. The molecule has 0 aliphatic carbocycles. The van der Waals surface area contributed by atoms with Crippen LogP contribution in [0, 0.1) is 0 Å². The number of halogens is 2. The Kier molecular flexibility index (Phi) is 12.9. The van der Waals surface area contributed by atoms with E-state index in [9.17, 15) is 4.79 Å². The summed E-state index contributed by atoms with van der Waals surface area (Å²) in [6.07, 6.45) is 0. The molecule has 2 rings (SSSR count). The SMILES string of the molecule is Nc1ccc(Br)cc1C(=O)O.Nc1ccc(Br)cc1CO.[AlH3].[H-].[Li+]. The third-order valence-corrected chi connectivity index (χ3v) is 3.51. The van der Waals surface area contributed by atoms with Crippen molar-refractivity contribution in [2.75, 3.05) is 11.5 Å². The molecule has 120 valence electrons. The standard InChI is InChI=1S/C7H6BrNO2.C7H8BrNO.Al.Li.4H/c8-4-1-2-6(9)5(3-4)7(10)11;8-6-1-2-7(9)5(3-6)4-10;;;;;;/h1-3H,9H2,(H,10,11);1-3,10H,4,9H2;;;;;;/q;;;+1;;;;-1. The first kappa shape index (κ1) is 24.8. The monoisotopic (exact) mass is 454 g/mol. The Labute approximate surface area is 175 Å². The number of hydrogen-bond donors (Lipinski definition) is 4. The van der Waals surface area contributed by atoms with Crippen molar-refractivity contribution < 1.29 is 35.3 Å². The number of aliphatic hydroxyl groups is 1. The molecule has 0 saturated heterocycles. The maximum atomic E-state index is 10.5. The maximum Gasteiger partial charge on any atom is 1.00 e. The molecule has 0 amide bonds. The number of nitrogens with two attached hydrogens (primary N) is 2. The topological polar surface area (TPSA) is 110 Å². The molecule has 9 heteroatoms. The molecular weight excluding hydrogens is 438 g/mol. The van der Waals surface area contributed by atoms with Crippen molar-refractivity contribution in [3.63, 3.8) is 0 Å². The van der Waals surface area contributed by atoms with Crippen LogP contribution < -0.4 is 30.3 Å². The first-order chi connectivity index (χ1) is 9.85. The molecule has 0 spiro atoms. The minimum absolute atomic E-state index is 0. The zero-order valence-corrected chi connectivity index (χ0v) is 15.1. The zero-order valence-electron chi connectivity index (χ0n) is 12.9. The van der Waals surface area contributed by atoms with E-state index in [1.165, 1.54) is 6.07 Å². The fourth-order valence-electron chi connectivity index (χ4n) is 1.42. The van der Waals surface area contributed by atoms with E-state index in [1.807, 2.05) is 6.07 Å². The summed E-state index contributed by atoms with van der Waals surface area (Å²) in [5.41, 5.74) is 12.7. The van der Waals surface area contributed by atoms with Crippen molar-refractivity contribution in [3.8, 4) is 0 Å². The summed E-state index contributed by atoms with van der Waals surface area (Å²) in [6, 6.07) is 10.1. The maximum absolute atomic E-state index is 10.5. The van der Waals surface area contributed by atoms with Crippen LogP contribution in [0.3, 0.4) is 0 Å². The number of carboxylic acid groups (broad SMARTS) is 1. The Morgan fingerprint density at radius 3 is 1.91 bits per heavy atom. The van der Waals surface area contributed by atoms with Gasteiger partial charge in [-0.05, 0) is 36.4 Å². The first-order valence-corrected chi connectivity index (χ1v) is 7.36. The first-order valence-electron chi connectivity index (χ1n) is 5.78. The van der Waals surface area contributed by atoms with Crippen LogP contribution in [0.4, 0.5) is 11.4 Å². The fraction of sp³-hybridized carbons (Fsp3) is 0.0714. The Bertz CT molecular complexity index is 666. The Morgan fingerprint density at radius 1 is 1.04 bits per heavy atom. The van der Waals surface area contributed by atoms with Gasteiger partial charge in [-0.3, -0.25) is 0 Å². The van der Waals surface area contributed by atoms with E-state index < -0.39 is 5.97 Å². The van der Waals surface area contributed by atoms with Crippen molar-refractivity contribution >= 4 is 66.6 Å². The van der Waals surface area contributed by atoms with Gasteiger partial charge in [-0.15, -0.1) is 0 Å². The van der Waals surface area contributed by atoms with Crippen LogP contribution in [0.15, 0.2) is 45.3 Å². The smallest absolute Gasteiger partial charge is 1.00 e. The molecule has 2 aromatic rings. The predicted octanol–water partition coefficient (Wildman–Crippen LogP) is -0.814.